The first-order valence-corrected chi connectivity index (χ1v) is 8.85. The minimum Gasteiger partial charge on any atom is -0.484 e. The molecule has 0 unspecified atom stereocenters. The topological polar surface area (TPSA) is 76.7 Å². The Balaban J connectivity index is 1.70. The number of nitrogens with one attached hydrogen (secondary N) is 2. The standard InChI is InChI=1S/C21H26N2O4/c1-14(2)17-7-9-18(10-8-17)26-12-20(24)22-23-21(25)13-27-19-11-15(3)5-6-16(19)4/h5-11,14H,12-13H2,1-4H3,(H,22,24)(H,23,25). The van der Waals surface area contributed by atoms with Crippen LogP contribution in [0.5, 0.6) is 11.5 Å². The van der Waals surface area contributed by atoms with Crippen LogP contribution in [0.15, 0.2) is 42.5 Å². The van der Waals surface area contributed by atoms with E-state index in [-0.39, 0.29) is 13.2 Å². The van der Waals surface area contributed by atoms with Gasteiger partial charge in [-0.05, 0) is 54.7 Å². The highest BCUT2D eigenvalue weighted by atomic mass is 16.5. The van der Waals surface area contributed by atoms with Crippen LogP contribution in [0.25, 0.3) is 0 Å². The highest BCUT2D eigenvalue weighted by Crippen LogP contribution is 2.19. The van der Waals surface area contributed by atoms with E-state index in [0.717, 1.165) is 11.1 Å². The summed E-state index contributed by atoms with van der Waals surface area (Å²) in [6, 6.07) is 13.3. The Morgan fingerprint density at radius 2 is 1.48 bits per heavy atom. The van der Waals surface area contributed by atoms with Gasteiger partial charge in [-0.2, -0.15) is 0 Å². The van der Waals surface area contributed by atoms with E-state index in [1.165, 1.54) is 5.56 Å². The van der Waals surface area contributed by atoms with Gasteiger partial charge in [0.1, 0.15) is 11.5 Å². The van der Waals surface area contributed by atoms with Crippen LogP contribution in [0.3, 0.4) is 0 Å². The van der Waals surface area contributed by atoms with Crippen molar-refractivity contribution in [2.24, 2.45) is 0 Å². The third-order valence-corrected chi connectivity index (χ3v) is 3.96. The van der Waals surface area contributed by atoms with Crippen molar-refractivity contribution >= 4 is 11.8 Å². The number of benzene rings is 2. The third kappa shape index (κ3) is 6.66. The fourth-order valence-corrected chi connectivity index (χ4v) is 2.32. The van der Waals surface area contributed by atoms with Gasteiger partial charge in [0.2, 0.25) is 0 Å². The van der Waals surface area contributed by atoms with Gasteiger partial charge in [-0.1, -0.05) is 38.1 Å². The number of hydrogen-bond donors (Lipinski definition) is 2. The maximum absolute atomic E-state index is 11.8. The van der Waals surface area contributed by atoms with Crippen molar-refractivity contribution in [2.75, 3.05) is 13.2 Å². The number of rotatable bonds is 7. The Hall–Kier alpha value is -3.02. The van der Waals surface area contributed by atoms with E-state index < -0.39 is 11.8 Å². The fraction of sp³-hybridized carbons (Fsp3) is 0.333. The normalized spacial score (nSPS) is 10.4. The van der Waals surface area contributed by atoms with Crippen molar-refractivity contribution in [3.8, 4) is 11.5 Å². The van der Waals surface area contributed by atoms with Crippen molar-refractivity contribution < 1.29 is 19.1 Å². The molecule has 2 aromatic rings. The molecule has 0 heterocycles. The Morgan fingerprint density at radius 1 is 0.889 bits per heavy atom. The number of amides is 2. The molecule has 2 aromatic carbocycles. The summed E-state index contributed by atoms with van der Waals surface area (Å²) in [5.41, 5.74) is 7.79. The minimum absolute atomic E-state index is 0.192. The van der Waals surface area contributed by atoms with Crippen LogP contribution in [0.2, 0.25) is 0 Å². The van der Waals surface area contributed by atoms with E-state index in [9.17, 15) is 9.59 Å². The van der Waals surface area contributed by atoms with Gasteiger partial charge in [-0.25, -0.2) is 0 Å². The molecule has 0 aliphatic rings. The van der Waals surface area contributed by atoms with Gasteiger partial charge in [-0.15, -0.1) is 0 Å². The molecule has 0 saturated carbocycles. The van der Waals surface area contributed by atoms with Crippen LogP contribution < -0.4 is 20.3 Å². The summed E-state index contributed by atoms with van der Waals surface area (Å²) in [5.74, 6) is 0.765. The molecule has 0 bridgehead atoms. The second-order valence-corrected chi connectivity index (χ2v) is 6.67. The Labute approximate surface area is 159 Å². The molecule has 144 valence electrons. The molecule has 0 radical (unpaired) electrons. The van der Waals surface area contributed by atoms with Gasteiger partial charge in [-0.3, -0.25) is 20.4 Å². The van der Waals surface area contributed by atoms with Crippen molar-refractivity contribution in [2.45, 2.75) is 33.6 Å². The zero-order chi connectivity index (χ0) is 19.8. The van der Waals surface area contributed by atoms with E-state index in [1.807, 2.05) is 56.3 Å². The molecule has 0 aromatic heterocycles. The van der Waals surface area contributed by atoms with Gasteiger partial charge in [0.15, 0.2) is 13.2 Å². The number of carbonyl (C=O) groups excluding carboxylic acids is 2. The predicted molar refractivity (Wildman–Crippen MR) is 104 cm³/mol. The Bertz CT molecular complexity index is 785. The number of ether oxygens (including phenoxy) is 2. The predicted octanol–water partition coefficient (Wildman–Crippen LogP) is 3.03. The summed E-state index contributed by atoms with van der Waals surface area (Å²) in [6.45, 7) is 7.68. The number of hydrogen-bond acceptors (Lipinski definition) is 4. The van der Waals surface area contributed by atoms with Crippen molar-refractivity contribution in [1.29, 1.82) is 0 Å². The smallest absolute Gasteiger partial charge is 0.276 e. The molecule has 0 spiro atoms. The Kier molecular flexibility index (Phi) is 7.23. The summed E-state index contributed by atoms with van der Waals surface area (Å²) in [6.07, 6.45) is 0. The van der Waals surface area contributed by atoms with Gasteiger partial charge < -0.3 is 9.47 Å². The summed E-state index contributed by atoms with van der Waals surface area (Å²) in [7, 11) is 0. The van der Waals surface area contributed by atoms with Crippen LogP contribution in [0, 0.1) is 13.8 Å². The molecular weight excluding hydrogens is 344 g/mol. The zero-order valence-electron chi connectivity index (χ0n) is 16.2. The van der Waals surface area contributed by atoms with E-state index in [0.29, 0.717) is 17.4 Å². The molecular formula is C21H26N2O4. The molecule has 2 rings (SSSR count). The third-order valence-electron chi connectivity index (χ3n) is 3.96. The average Bonchev–Trinajstić information content (AvgIpc) is 2.65. The van der Waals surface area contributed by atoms with E-state index in [4.69, 9.17) is 9.47 Å². The van der Waals surface area contributed by atoms with Crippen molar-refractivity contribution in [3.05, 3.63) is 59.2 Å². The molecule has 6 heteroatoms. The minimum atomic E-state index is -0.456. The van der Waals surface area contributed by atoms with Crippen LogP contribution in [-0.2, 0) is 9.59 Å². The molecule has 6 nitrogen and oxygen atoms in total. The summed E-state index contributed by atoms with van der Waals surface area (Å²) in [4.78, 5) is 23.6. The molecule has 0 aliphatic heterocycles. The van der Waals surface area contributed by atoms with E-state index >= 15 is 0 Å². The molecule has 0 atom stereocenters. The first kappa shape index (κ1) is 20.3. The second kappa shape index (κ2) is 9.62. The highest BCUT2D eigenvalue weighted by molar-refractivity contribution is 5.83. The molecule has 27 heavy (non-hydrogen) atoms. The lowest BCUT2D eigenvalue weighted by Crippen LogP contribution is -2.45. The molecule has 2 amide bonds. The van der Waals surface area contributed by atoms with Crippen LogP contribution in [-0.4, -0.2) is 25.0 Å². The lowest BCUT2D eigenvalue weighted by molar-refractivity contribution is -0.131. The van der Waals surface area contributed by atoms with Crippen LogP contribution >= 0.6 is 0 Å². The largest absolute Gasteiger partial charge is 0.484 e. The van der Waals surface area contributed by atoms with Gasteiger partial charge in [0.05, 0.1) is 0 Å². The lowest BCUT2D eigenvalue weighted by Gasteiger charge is -2.12. The van der Waals surface area contributed by atoms with E-state index in [2.05, 4.69) is 24.7 Å². The van der Waals surface area contributed by atoms with E-state index in [1.54, 1.807) is 0 Å². The number of aryl methyl sites for hydroxylation is 2. The number of hydrazine groups is 1. The molecule has 0 fully saturated rings. The quantitative estimate of drug-likeness (QED) is 0.735. The summed E-state index contributed by atoms with van der Waals surface area (Å²) < 4.78 is 10.9. The van der Waals surface area contributed by atoms with Gasteiger partial charge >= 0.3 is 0 Å². The molecule has 0 saturated heterocycles. The van der Waals surface area contributed by atoms with Crippen molar-refractivity contribution in [3.63, 3.8) is 0 Å². The second-order valence-electron chi connectivity index (χ2n) is 6.67. The molecule has 0 aliphatic carbocycles. The van der Waals surface area contributed by atoms with Gasteiger partial charge in [0, 0.05) is 0 Å². The van der Waals surface area contributed by atoms with Gasteiger partial charge in [0.25, 0.3) is 11.8 Å². The highest BCUT2D eigenvalue weighted by Gasteiger charge is 2.08. The van der Waals surface area contributed by atoms with Crippen LogP contribution in [0.1, 0.15) is 36.5 Å². The Morgan fingerprint density at radius 3 is 2.07 bits per heavy atom. The zero-order valence-corrected chi connectivity index (χ0v) is 16.2. The first-order chi connectivity index (χ1) is 12.8. The fourth-order valence-electron chi connectivity index (χ4n) is 2.32. The summed E-state index contributed by atoms with van der Waals surface area (Å²) in [5, 5.41) is 0. The maximum Gasteiger partial charge on any atom is 0.276 e. The van der Waals surface area contributed by atoms with Crippen LogP contribution in [0.4, 0.5) is 0 Å². The summed E-state index contributed by atoms with van der Waals surface area (Å²) >= 11 is 0. The molecule has 2 N–H and O–H groups in total. The average molecular weight is 370 g/mol. The van der Waals surface area contributed by atoms with Crippen molar-refractivity contribution in [1.82, 2.24) is 10.9 Å². The monoisotopic (exact) mass is 370 g/mol. The number of carbonyl (C=O) groups is 2. The maximum atomic E-state index is 11.8. The SMILES string of the molecule is Cc1ccc(C)c(OCC(=O)NNC(=O)COc2ccc(C(C)C)cc2)c1. The first-order valence-electron chi connectivity index (χ1n) is 8.85. The lowest BCUT2D eigenvalue weighted by atomic mass is 10.0.